The summed E-state index contributed by atoms with van der Waals surface area (Å²) in [6.45, 7) is 4.79. The van der Waals surface area contributed by atoms with Crippen molar-refractivity contribution in [1.82, 2.24) is 4.98 Å². The summed E-state index contributed by atoms with van der Waals surface area (Å²) in [5, 5.41) is 0. The molecule has 3 nitrogen and oxygen atoms in total. The van der Waals surface area contributed by atoms with Crippen molar-refractivity contribution in [3.63, 3.8) is 0 Å². The molecule has 2 N–H and O–H groups in total. The summed E-state index contributed by atoms with van der Waals surface area (Å²) >= 11 is 3.28. The lowest BCUT2D eigenvalue weighted by Gasteiger charge is -2.09. The maximum absolute atomic E-state index is 5.69. The van der Waals surface area contributed by atoms with Gasteiger partial charge in [-0.3, -0.25) is 0 Å². The molecule has 0 bridgehead atoms. The molecule has 0 spiro atoms. The van der Waals surface area contributed by atoms with E-state index in [4.69, 9.17) is 10.5 Å². The topological polar surface area (TPSA) is 48.1 Å². The fourth-order valence-corrected chi connectivity index (χ4v) is 1.16. The smallest absolute Gasteiger partial charge is 0.237 e. The van der Waals surface area contributed by atoms with Crippen molar-refractivity contribution >= 4 is 21.6 Å². The van der Waals surface area contributed by atoms with Gasteiger partial charge in [0.15, 0.2) is 0 Å². The summed E-state index contributed by atoms with van der Waals surface area (Å²) in [6.07, 6.45) is 1.67. The Hall–Kier alpha value is -0.770. The second kappa shape index (κ2) is 4.46. The van der Waals surface area contributed by atoms with Crippen molar-refractivity contribution in [1.29, 1.82) is 0 Å². The van der Waals surface area contributed by atoms with Crippen molar-refractivity contribution in [3.8, 4) is 5.88 Å². The minimum absolute atomic E-state index is 0.477. The fraction of sp³-hybridized carbons (Fsp3) is 0.444. The number of ether oxygens (including phenoxy) is 1. The largest absolute Gasteiger partial charge is 0.476 e. The fourth-order valence-electron chi connectivity index (χ4n) is 0.809. The molecular formula is C9H13BrN2O. The Balaban J connectivity index is 2.67. The molecule has 0 saturated carbocycles. The van der Waals surface area contributed by atoms with Gasteiger partial charge in [0.1, 0.15) is 0 Å². The number of hydrogen-bond donors (Lipinski definition) is 1. The van der Waals surface area contributed by atoms with Crippen LogP contribution in [0.5, 0.6) is 5.88 Å². The number of halogens is 1. The molecule has 1 heterocycles. The van der Waals surface area contributed by atoms with E-state index in [1.165, 1.54) is 0 Å². The molecule has 4 heteroatoms. The maximum atomic E-state index is 5.69. The molecule has 0 aromatic carbocycles. The summed E-state index contributed by atoms with van der Waals surface area (Å²) in [5.74, 6) is 0.988. The van der Waals surface area contributed by atoms with E-state index in [-0.39, 0.29) is 0 Å². The predicted octanol–water partition coefficient (Wildman–Crippen LogP) is 2.46. The van der Waals surface area contributed by atoms with Gasteiger partial charge in [-0.1, -0.05) is 13.8 Å². The lowest BCUT2D eigenvalue weighted by molar-refractivity contribution is 0.263. The third kappa shape index (κ3) is 3.22. The minimum atomic E-state index is 0.477. The van der Waals surface area contributed by atoms with E-state index in [9.17, 15) is 0 Å². The van der Waals surface area contributed by atoms with Crippen LogP contribution in [-0.2, 0) is 0 Å². The highest BCUT2D eigenvalue weighted by molar-refractivity contribution is 9.10. The predicted molar refractivity (Wildman–Crippen MR) is 56.7 cm³/mol. The lowest BCUT2D eigenvalue weighted by Crippen LogP contribution is -2.07. The van der Waals surface area contributed by atoms with Crippen molar-refractivity contribution in [2.45, 2.75) is 13.8 Å². The highest BCUT2D eigenvalue weighted by atomic mass is 79.9. The molecule has 0 saturated heterocycles. The quantitative estimate of drug-likeness (QED) is 0.889. The van der Waals surface area contributed by atoms with Crippen LogP contribution in [0, 0.1) is 5.92 Å². The van der Waals surface area contributed by atoms with E-state index >= 15 is 0 Å². The molecule has 13 heavy (non-hydrogen) atoms. The standard InChI is InChI=1S/C9H13BrN2O/c1-6(2)5-13-9-8(11)3-7(10)4-12-9/h3-4,6H,5,11H2,1-2H3. The van der Waals surface area contributed by atoms with Crippen LogP contribution in [0.4, 0.5) is 5.69 Å². The SMILES string of the molecule is CC(C)COc1ncc(Br)cc1N. The monoisotopic (exact) mass is 244 g/mol. The van der Waals surface area contributed by atoms with E-state index in [2.05, 4.69) is 34.8 Å². The Morgan fingerprint density at radius 2 is 2.31 bits per heavy atom. The first kappa shape index (κ1) is 10.3. The first-order valence-electron chi connectivity index (χ1n) is 4.13. The Morgan fingerprint density at radius 1 is 1.62 bits per heavy atom. The van der Waals surface area contributed by atoms with Gasteiger partial charge in [-0.2, -0.15) is 0 Å². The molecule has 1 aromatic heterocycles. The number of anilines is 1. The van der Waals surface area contributed by atoms with Crippen LogP contribution in [0.1, 0.15) is 13.8 Å². The van der Waals surface area contributed by atoms with Crippen molar-refractivity contribution < 1.29 is 4.74 Å². The normalized spacial score (nSPS) is 10.5. The summed E-state index contributed by atoms with van der Waals surface area (Å²) in [4.78, 5) is 4.06. The molecule has 1 aromatic rings. The number of aromatic nitrogens is 1. The maximum Gasteiger partial charge on any atom is 0.237 e. The van der Waals surface area contributed by atoms with Gasteiger partial charge < -0.3 is 10.5 Å². The third-order valence-corrected chi connectivity index (χ3v) is 1.83. The summed E-state index contributed by atoms with van der Waals surface area (Å²) in [5.41, 5.74) is 6.25. The van der Waals surface area contributed by atoms with Crippen LogP contribution in [0.25, 0.3) is 0 Å². The van der Waals surface area contributed by atoms with Gasteiger partial charge in [-0.15, -0.1) is 0 Å². The van der Waals surface area contributed by atoms with Crippen LogP contribution in [0.2, 0.25) is 0 Å². The minimum Gasteiger partial charge on any atom is -0.476 e. The van der Waals surface area contributed by atoms with E-state index < -0.39 is 0 Å². The van der Waals surface area contributed by atoms with Gasteiger partial charge in [-0.25, -0.2) is 4.98 Å². The Kier molecular flexibility index (Phi) is 3.54. The summed E-state index contributed by atoms with van der Waals surface area (Å²) in [7, 11) is 0. The van der Waals surface area contributed by atoms with Crippen LogP contribution in [0.3, 0.4) is 0 Å². The van der Waals surface area contributed by atoms with Gasteiger partial charge in [-0.05, 0) is 27.9 Å². The molecule has 0 aliphatic heterocycles. The zero-order chi connectivity index (χ0) is 9.84. The first-order valence-corrected chi connectivity index (χ1v) is 4.92. The highest BCUT2D eigenvalue weighted by Gasteiger charge is 2.03. The molecule has 1 rings (SSSR count). The van der Waals surface area contributed by atoms with Crippen LogP contribution in [0.15, 0.2) is 16.7 Å². The Morgan fingerprint density at radius 3 is 2.85 bits per heavy atom. The highest BCUT2D eigenvalue weighted by Crippen LogP contribution is 2.22. The van der Waals surface area contributed by atoms with Crippen LogP contribution >= 0.6 is 15.9 Å². The number of nitrogen functional groups attached to an aromatic ring is 1. The zero-order valence-corrected chi connectivity index (χ0v) is 9.34. The average molecular weight is 245 g/mol. The lowest BCUT2D eigenvalue weighted by atomic mass is 10.2. The van der Waals surface area contributed by atoms with Gasteiger partial charge in [0.25, 0.3) is 0 Å². The molecule has 0 aliphatic carbocycles. The van der Waals surface area contributed by atoms with Gasteiger partial charge in [0.2, 0.25) is 5.88 Å². The van der Waals surface area contributed by atoms with E-state index in [1.54, 1.807) is 12.3 Å². The number of hydrogen-bond acceptors (Lipinski definition) is 3. The van der Waals surface area contributed by atoms with Gasteiger partial charge in [0, 0.05) is 10.7 Å². The second-order valence-electron chi connectivity index (χ2n) is 3.25. The van der Waals surface area contributed by atoms with Crippen molar-refractivity contribution in [3.05, 3.63) is 16.7 Å². The molecule has 0 radical (unpaired) electrons. The summed E-state index contributed by atoms with van der Waals surface area (Å²) in [6, 6.07) is 1.78. The second-order valence-corrected chi connectivity index (χ2v) is 4.17. The first-order chi connectivity index (χ1) is 6.09. The Bertz CT molecular complexity index is 289. The molecule has 0 atom stereocenters. The molecule has 0 amide bonds. The third-order valence-electron chi connectivity index (χ3n) is 1.40. The van der Waals surface area contributed by atoms with Gasteiger partial charge in [0.05, 0.1) is 12.3 Å². The van der Waals surface area contributed by atoms with E-state index in [0.29, 0.717) is 24.1 Å². The van der Waals surface area contributed by atoms with Crippen LogP contribution in [-0.4, -0.2) is 11.6 Å². The molecule has 0 fully saturated rings. The molecule has 72 valence electrons. The van der Waals surface area contributed by atoms with E-state index in [0.717, 1.165) is 4.47 Å². The number of pyridine rings is 1. The van der Waals surface area contributed by atoms with Crippen molar-refractivity contribution in [2.75, 3.05) is 12.3 Å². The number of rotatable bonds is 3. The van der Waals surface area contributed by atoms with Crippen molar-refractivity contribution in [2.24, 2.45) is 5.92 Å². The van der Waals surface area contributed by atoms with E-state index in [1.807, 2.05) is 0 Å². The van der Waals surface area contributed by atoms with Crippen LogP contribution < -0.4 is 10.5 Å². The molecular weight excluding hydrogens is 232 g/mol. The Labute approximate surface area is 86.4 Å². The average Bonchev–Trinajstić information content (AvgIpc) is 2.02. The number of nitrogens with two attached hydrogens (primary N) is 1. The molecule has 0 aliphatic rings. The molecule has 0 unspecified atom stereocenters. The summed E-state index contributed by atoms with van der Waals surface area (Å²) < 4.78 is 6.26. The number of nitrogens with zero attached hydrogens (tertiary/aromatic N) is 1. The zero-order valence-electron chi connectivity index (χ0n) is 7.75. The van der Waals surface area contributed by atoms with Gasteiger partial charge >= 0.3 is 0 Å².